The highest BCUT2D eigenvalue weighted by Gasteiger charge is 2.06. The highest BCUT2D eigenvalue weighted by atomic mass is 16.6. The maximum atomic E-state index is 12.0. The molecular weight excluding hydrogens is 294 g/mol. The Morgan fingerprint density at radius 2 is 1.78 bits per heavy atom. The van der Waals surface area contributed by atoms with Gasteiger partial charge in [0, 0.05) is 41.2 Å². The number of nitro benzene ring substituents is 1. The number of hydrogen-bond donors (Lipinski definition) is 1. The molecule has 0 saturated carbocycles. The van der Waals surface area contributed by atoms with Crippen molar-refractivity contribution in [2.45, 2.75) is 6.42 Å². The first-order valence-corrected chi connectivity index (χ1v) is 7.21. The molecule has 0 spiro atoms. The molecule has 6 heteroatoms. The molecule has 0 unspecified atom stereocenters. The molecule has 1 N–H and O–H groups in total. The number of para-hydroxylation sites is 1. The average Bonchev–Trinajstić information content (AvgIpc) is 2.97. The first-order valence-electron chi connectivity index (χ1n) is 7.21. The predicted octanol–water partition coefficient (Wildman–Crippen LogP) is 3.25. The van der Waals surface area contributed by atoms with Crippen LogP contribution in [0.1, 0.15) is 11.1 Å². The Bertz CT molecular complexity index is 866. The van der Waals surface area contributed by atoms with Crippen LogP contribution in [0.4, 0.5) is 5.69 Å². The summed E-state index contributed by atoms with van der Waals surface area (Å²) in [6, 6.07) is 13.9. The summed E-state index contributed by atoms with van der Waals surface area (Å²) < 4.78 is 0.850. The fraction of sp³-hybridized carbons (Fsp3) is 0.118. The molecule has 1 aromatic heterocycles. The van der Waals surface area contributed by atoms with Gasteiger partial charge in [-0.05, 0) is 23.8 Å². The molecule has 0 aliphatic heterocycles. The van der Waals surface area contributed by atoms with E-state index in [4.69, 9.17) is 0 Å². The minimum atomic E-state index is -0.463. The number of hydroxylamine groups is 1. The topological polar surface area (TPSA) is 85.0 Å². The third-order valence-electron chi connectivity index (χ3n) is 3.67. The molecule has 3 rings (SSSR count). The standard InChI is InChI=1S/C17H15N3O3/c21-19(12-13-5-7-15(8-6-13)20(22)23)10-9-14-11-18-17-4-2-1-3-16(14)17/h1-8,11-12,18H,9-10H2/b19-12-. The predicted molar refractivity (Wildman–Crippen MR) is 88.8 cm³/mol. The van der Waals surface area contributed by atoms with Crippen molar-refractivity contribution in [3.05, 3.63) is 81.2 Å². The van der Waals surface area contributed by atoms with Crippen LogP contribution in [0.2, 0.25) is 0 Å². The lowest BCUT2D eigenvalue weighted by molar-refractivity contribution is -0.451. The number of fused-ring (bicyclic) bond motifs is 1. The number of nitrogens with zero attached hydrogens (tertiary/aromatic N) is 2. The van der Waals surface area contributed by atoms with Gasteiger partial charge in [-0.25, -0.2) is 4.74 Å². The van der Waals surface area contributed by atoms with Gasteiger partial charge in [-0.2, -0.15) is 0 Å². The second-order valence-corrected chi connectivity index (χ2v) is 5.23. The molecule has 0 bridgehead atoms. The number of aromatic amines is 1. The van der Waals surface area contributed by atoms with E-state index in [2.05, 4.69) is 4.98 Å². The average molecular weight is 309 g/mol. The second-order valence-electron chi connectivity index (χ2n) is 5.23. The zero-order valence-corrected chi connectivity index (χ0v) is 12.3. The monoisotopic (exact) mass is 309 g/mol. The van der Waals surface area contributed by atoms with Crippen LogP contribution in [0.5, 0.6) is 0 Å². The lowest BCUT2D eigenvalue weighted by Crippen LogP contribution is -2.10. The normalized spacial score (nSPS) is 11.7. The molecule has 1 heterocycles. The van der Waals surface area contributed by atoms with Crippen molar-refractivity contribution in [1.82, 2.24) is 4.98 Å². The van der Waals surface area contributed by atoms with E-state index in [-0.39, 0.29) is 5.69 Å². The number of non-ortho nitro benzene ring substituents is 1. The minimum absolute atomic E-state index is 0.0124. The zero-order valence-electron chi connectivity index (χ0n) is 12.3. The van der Waals surface area contributed by atoms with Gasteiger partial charge >= 0.3 is 0 Å². The van der Waals surface area contributed by atoms with Crippen molar-refractivity contribution in [1.29, 1.82) is 0 Å². The fourth-order valence-electron chi connectivity index (χ4n) is 2.48. The van der Waals surface area contributed by atoms with Crippen LogP contribution in [0, 0.1) is 15.3 Å². The molecule has 6 nitrogen and oxygen atoms in total. The molecule has 116 valence electrons. The number of nitro groups is 1. The number of hydrogen-bond acceptors (Lipinski definition) is 3. The van der Waals surface area contributed by atoms with Crippen molar-refractivity contribution in [3.63, 3.8) is 0 Å². The van der Waals surface area contributed by atoms with Crippen molar-refractivity contribution in [2.24, 2.45) is 0 Å². The van der Waals surface area contributed by atoms with Gasteiger partial charge in [0.05, 0.1) is 4.92 Å². The molecule has 0 saturated heterocycles. The van der Waals surface area contributed by atoms with Crippen LogP contribution in [0.15, 0.2) is 54.7 Å². The molecule has 2 aromatic carbocycles. The van der Waals surface area contributed by atoms with Crippen LogP contribution in [0.3, 0.4) is 0 Å². The summed E-state index contributed by atoms with van der Waals surface area (Å²) >= 11 is 0. The number of aromatic nitrogens is 1. The van der Waals surface area contributed by atoms with E-state index in [1.54, 1.807) is 12.1 Å². The Balaban J connectivity index is 1.69. The summed E-state index contributed by atoms with van der Waals surface area (Å²) in [5, 5.41) is 23.7. The van der Waals surface area contributed by atoms with Crippen LogP contribution in [-0.4, -0.2) is 27.4 Å². The fourth-order valence-corrected chi connectivity index (χ4v) is 2.48. The van der Waals surface area contributed by atoms with E-state index in [1.165, 1.54) is 18.3 Å². The Labute approximate surface area is 132 Å². The molecule has 0 amide bonds. The maximum Gasteiger partial charge on any atom is 0.269 e. The van der Waals surface area contributed by atoms with Crippen LogP contribution in [-0.2, 0) is 6.42 Å². The van der Waals surface area contributed by atoms with Crippen LogP contribution >= 0.6 is 0 Å². The van der Waals surface area contributed by atoms with Gasteiger partial charge in [0.2, 0.25) is 0 Å². The number of rotatable bonds is 5. The van der Waals surface area contributed by atoms with Gasteiger partial charge in [0.1, 0.15) is 0 Å². The van der Waals surface area contributed by atoms with Gasteiger partial charge in [-0.3, -0.25) is 10.1 Å². The van der Waals surface area contributed by atoms with E-state index in [1.807, 2.05) is 30.5 Å². The largest absolute Gasteiger partial charge is 0.624 e. The Kier molecular flexibility index (Phi) is 4.05. The quantitative estimate of drug-likeness (QED) is 0.258. The van der Waals surface area contributed by atoms with E-state index in [0.29, 0.717) is 18.5 Å². The number of benzene rings is 2. The summed E-state index contributed by atoms with van der Waals surface area (Å²) in [4.78, 5) is 13.3. The molecule has 0 atom stereocenters. The first kappa shape index (κ1) is 14.8. The van der Waals surface area contributed by atoms with E-state index in [0.717, 1.165) is 21.2 Å². The Morgan fingerprint density at radius 3 is 2.52 bits per heavy atom. The molecule has 0 aliphatic carbocycles. The minimum Gasteiger partial charge on any atom is -0.624 e. The van der Waals surface area contributed by atoms with Gasteiger partial charge in [0.25, 0.3) is 5.69 Å². The third kappa shape index (κ3) is 3.37. The maximum absolute atomic E-state index is 12.0. The zero-order chi connectivity index (χ0) is 16.2. The number of nitrogens with one attached hydrogen (secondary N) is 1. The van der Waals surface area contributed by atoms with Crippen molar-refractivity contribution < 1.29 is 9.66 Å². The van der Waals surface area contributed by atoms with E-state index in [9.17, 15) is 15.3 Å². The van der Waals surface area contributed by atoms with E-state index >= 15 is 0 Å². The molecule has 0 radical (unpaired) electrons. The molecule has 0 aliphatic rings. The second kappa shape index (κ2) is 6.31. The van der Waals surface area contributed by atoms with Gasteiger partial charge in [-0.15, -0.1) is 0 Å². The smallest absolute Gasteiger partial charge is 0.269 e. The summed E-state index contributed by atoms with van der Waals surface area (Å²) in [6.45, 7) is 0.318. The van der Waals surface area contributed by atoms with Crippen molar-refractivity contribution in [2.75, 3.05) is 6.54 Å². The summed E-state index contributed by atoms with van der Waals surface area (Å²) in [5.41, 5.74) is 2.81. The van der Waals surface area contributed by atoms with Crippen molar-refractivity contribution >= 4 is 22.8 Å². The Hall–Kier alpha value is -3.15. The van der Waals surface area contributed by atoms with Crippen molar-refractivity contribution in [3.8, 4) is 0 Å². The van der Waals surface area contributed by atoms with Gasteiger partial charge in [0.15, 0.2) is 12.8 Å². The summed E-state index contributed by atoms with van der Waals surface area (Å²) in [6.07, 6.45) is 3.99. The summed E-state index contributed by atoms with van der Waals surface area (Å²) in [7, 11) is 0. The van der Waals surface area contributed by atoms with Crippen LogP contribution < -0.4 is 0 Å². The molecule has 23 heavy (non-hydrogen) atoms. The van der Waals surface area contributed by atoms with Crippen LogP contribution in [0.25, 0.3) is 10.9 Å². The Morgan fingerprint density at radius 1 is 1.04 bits per heavy atom. The molecule has 0 fully saturated rings. The molecule has 3 aromatic rings. The lowest BCUT2D eigenvalue weighted by atomic mass is 10.1. The van der Waals surface area contributed by atoms with E-state index < -0.39 is 4.92 Å². The highest BCUT2D eigenvalue weighted by Crippen LogP contribution is 2.18. The SMILES string of the molecule is O=[N+]([O-])c1ccc(/C=[N+](\[O-])CCc2c[nH]c3ccccc23)cc1. The lowest BCUT2D eigenvalue weighted by Gasteiger charge is -2.04. The highest BCUT2D eigenvalue weighted by molar-refractivity contribution is 5.83. The molecular formula is C17H15N3O3. The van der Waals surface area contributed by atoms with Gasteiger partial charge < -0.3 is 10.2 Å². The van der Waals surface area contributed by atoms with Gasteiger partial charge in [-0.1, -0.05) is 18.2 Å². The third-order valence-corrected chi connectivity index (χ3v) is 3.67. The first-order chi connectivity index (χ1) is 11.1. The number of H-pyrrole nitrogens is 1. The summed E-state index contributed by atoms with van der Waals surface area (Å²) in [5.74, 6) is 0.